The number of aryl methyl sites for hydroxylation is 1. The second-order valence-corrected chi connectivity index (χ2v) is 12.3. The smallest absolute Gasteiger partial charge is 0.324 e. The largest absolute Gasteiger partial charge is 0.352 e. The van der Waals surface area contributed by atoms with Gasteiger partial charge in [-0.2, -0.15) is 0 Å². The van der Waals surface area contributed by atoms with E-state index in [1.54, 1.807) is 24.9 Å². The monoisotopic (exact) mass is 548 g/mol. The van der Waals surface area contributed by atoms with Crippen LogP contribution in [0.5, 0.6) is 0 Å². The summed E-state index contributed by atoms with van der Waals surface area (Å²) in [6.45, 7) is 12.7. The Morgan fingerprint density at radius 2 is 1.90 bits per heavy atom. The summed E-state index contributed by atoms with van der Waals surface area (Å²) in [5.41, 5.74) is 9.11. The van der Waals surface area contributed by atoms with Gasteiger partial charge in [-0.3, -0.25) is 19.9 Å². The van der Waals surface area contributed by atoms with Crippen LogP contribution in [0.15, 0.2) is 42.6 Å². The molecule has 1 aromatic carbocycles. The molecule has 3 aromatic rings. The molecular formula is C29H36N6O3S. The number of nitrogens with two attached hydrogens (primary N) is 1. The van der Waals surface area contributed by atoms with Crippen LogP contribution in [-0.4, -0.2) is 46.4 Å². The SMILES string of the molecule is Cc1ccc(NC(=O)Nc2sc(C(C)(C)C)cc2C(=O)N2CCNC(=O)C2(C)C)cc1-c1ccc(CN)nc1. The molecule has 5 N–H and O–H groups in total. The van der Waals surface area contributed by atoms with E-state index in [9.17, 15) is 14.4 Å². The molecule has 0 bridgehead atoms. The minimum Gasteiger partial charge on any atom is -0.352 e. The number of anilines is 2. The Kier molecular flexibility index (Phi) is 7.81. The lowest BCUT2D eigenvalue weighted by molar-refractivity contribution is -0.133. The summed E-state index contributed by atoms with van der Waals surface area (Å²) in [6, 6.07) is 10.9. The molecule has 206 valence electrons. The lowest BCUT2D eigenvalue weighted by Gasteiger charge is -2.41. The van der Waals surface area contributed by atoms with Crippen molar-refractivity contribution in [1.29, 1.82) is 0 Å². The van der Waals surface area contributed by atoms with Crippen molar-refractivity contribution in [2.24, 2.45) is 5.73 Å². The number of rotatable bonds is 5. The molecule has 1 saturated heterocycles. The maximum atomic E-state index is 13.7. The Hall–Kier alpha value is -3.76. The molecule has 9 nitrogen and oxygen atoms in total. The number of amides is 4. The van der Waals surface area contributed by atoms with Gasteiger partial charge in [-0.1, -0.05) is 32.9 Å². The number of hydrogen-bond donors (Lipinski definition) is 4. The predicted octanol–water partition coefficient (Wildman–Crippen LogP) is 4.87. The molecule has 0 atom stereocenters. The Bertz CT molecular complexity index is 1410. The van der Waals surface area contributed by atoms with Gasteiger partial charge in [0.25, 0.3) is 5.91 Å². The molecule has 0 aliphatic carbocycles. The fourth-order valence-corrected chi connectivity index (χ4v) is 5.50. The molecule has 0 spiro atoms. The molecule has 4 amide bonds. The van der Waals surface area contributed by atoms with E-state index in [1.807, 2.05) is 43.3 Å². The molecule has 1 fully saturated rings. The maximum absolute atomic E-state index is 13.7. The standard InChI is InChI=1S/C29H36N6O3S/c1-17-7-9-19(13-21(17)18-8-10-20(15-30)32-16-18)33-27(38)34-24-22(14-23(39-24)28(2,3)4)25(36)35-12-11-31-26(37)29(35,5)6/h7-10,13-14,16H,11-12,15,30H2,1-6H3,(H,31,37)(H2,33,34,38). The van der Waals surface area contributed by atoms with Crippen LogP contribution in [0.1, 0.15) is 61.1 Å². The highest BCUT2D eigenvalue weighted by molar-refractivity contribution is 7.16. The van der Waals surface area contributed by atoms with Gasteiger partial charge >= 0.3 is 6.03 Å². The van der Waals surface area contributed by atoms with Gasteiger partial charge in [-0.05, 0) is 61.6 Å². The summed E-state index contributed by atoms with van der Waals surface area (Å²) in [5, 5.41) is 9.05. The van der Waals surface area contributed by atoms with Crippen LogP contribution in [0.3, 0.4) is 0 Å². The van der Waals surface area contributed by atoms with Crippen molar-refractivity contribution in [2.45, 2.75) is 59.0 Å². The van der Waals surface area contributed by atoms with Crippen LogP contribution in [0.2, 0.25) is 0 Å². The molecule has 0 unspecified atom stereocenters. The zero-order valence-corrected chi connectivity index (χ0v) is 24.1. The molecular weight excluding hydrogens is 512 g/mol. The first-order valence-electron chi connectivity index (χ1n) is 12.9. The van der Waals surface area contributed by atoms with Gasteiger partial charge in [-0.15, -0.1) is 11.3 Å². The number of piperazine rings is 1. The van der Waals surface area contributed by atoms with E-state index in [0.717, 1.165) is 27.3 Å². The zero-order chi connectivity index (χ0) is 28.5. The summed E-state index contributed by atoms with van der Waals surface area (Å²) in [6.07, 6.45) is 1.77. The summed E-state index contributed by atoms with van der Waals surface area (Å²) in [7, 11) is 0. The first kappa shape index (κ1) is 28.3. The molecule has 1 aliphatic heterocycles. The molecule has 2 aromatic heterocycles. The van der Waals surface area contributed by atoms with Gasteiger partial charge in [0.15, 0.2) is 0 Å². The summed E-state index contributed by atoms with van der Waals surface area (Å²) >= 11 is 1.37. The molecule has 1 aliphatic rings. The van der Waals surface area contributed by atoms with E-state index in [1.165, 1.54) is 11.3 Å². The van der Waals surface area contributed by atoms with Gasteiger partial charge in [0.1, 0.15) is 10.5 Å². The molecule has 0 saturated carbocycles. The Morgan fingerprint density at radius 1 is 1.15 bits per heavy atom. The number of carbonyl (C=O) groups excluding carboxylic acids is 3. The normalized spacial score (nSPS) is 15.1. The van der Waals surface area contributed by atoms with Crippen molar-refractivity contribution in [3.63, 3.8) is 0 Å². The van der Waals surface area contributed by atoms with Crippen molar-refractivity contribution >= 4 is 39.9 Å². The summed E-state index contributed by atoms with van der Waals surface area (Å²) < 4.78 is 0. The fraction of sp³-hybridized carbons (Fsp3) is 0.379. The van der Waals surface area contributed by atoms with Crippen molar-refractivity contribution in [3.8, 4) is 11.1 Å². The van der Waals surface area contributed by atoms with Crippen LogP contribution < -0.4 is 21.7 Å². The van der Waals surface area contributed by atoms with Crippen molar-refractivity contribution in [2.75, 3.05) is 23.7 Å². The minimum absolute atomic E-state index is 0.205. The molecule has 0 radical (unpaired) electrons. The topological polar surface area (TPSA) is 129 Å². The summed E-state index contributed by atoms with van der Waals surface area (Å²) in [4.78, 5) is 46.3. The van der Waals surface area contributed by atoms with E-state index >= 15 is 0 Å². The highest BCUT2D eigenvalue weighted by Crippen LogP contribution is 2.38. The van der Waals surface area contributed by atoms with Crippen LogP contribution in [0.25, 0.3) is 11.1 Å². The Morgan fingerprint density at radius 3 is 2.54 bits per heavy atom. The number of hydrogen-bond acceptors (Lipinski definition) is 6. The number of urea groups is 1. The van der Waals surface area contributed by atoms with E-state index in [-0.39, 0.29) is 17.2 Å². The highest BCUT2D eigenvalue weighted by Gasteiger charge is 2.42. The quantitative estimate of drug-likeness (QED) is 0.362. The van der Waals surface area contributed by atoms with Gasteiger partial charge in [-0.25, -0.2) is 4.79 Å². The molecule has 4 rings (SSSR count). The van der Waals surface area contributed by atoms with E-state index in [0.29, 0.717) is 35.9 Å². The van der Waals surface area contributed by atoms with Gasteiger partial charge < -0.3 is 21.3 Å². The molecule has 39 heavy (non-hydrogen) atoms. The third-order valence-corrected chi connectivity index (χ3v) is 8.34. The van der Waals surface area contributed by atoms with Gasteiger partial charge in [0, 0.05) is 42.0 Å². The van der Waals surface area contributed by atoms with Crippen molar-refractivity contribution in [1.82, 2.24) is 15.2 Å². The average molecular weight is 549 g/mol. The molecule has 3 heterocycles. The number of nitrogens with one attached hydrogen (secondary N) is 3. The Labute approximate surface area is 233 Å². The van der Waals surface area contributed by atoms with Crippen LogP contribution >= 0.6 is 11.3 Å². The van der Waals surface area contributed by atoms with Crippen LogP contribution in [-0.2, 0) is 16.8 Å². The number of aromatic nitrogens is 1. The second-order valence-electron chi connectivity index (χ2n) is 11.2. The van der Waals surface area contributed by atoms with E-state index < -0.39 is 11.6 Å². The van der Waals surface area contributed by atoms with Crippen LogP contribution in [0.4, 0.5) is 15.5 Å². The number of pyridine rings is 1. The average Bonchev–Trinajstić information content (AvgIpc) is 3.31. The lowest BCUT2D eigenvalue weighted by Crippen LogP contribution is -2.63. The first-order chi connectivity index (χ1) is 18.3. The van der Waals surface area contributed by atoms with Crippen LogP contribution in [0, 0.1) is 6.92 Å². The zero-order valence-electron chi connectivity index (χ0n) is 23.3. The van der Waals surface area contributed by atoms with Crippen molar-refractivity contribution < 1.29 is 14.4 Å². The minimum atomic E-state index is -1.01. The maximum Gasteiger partial charge on any atom is 0.324 e. The third kappa shape index (κ3) is 5.97. The first-order valence-corrected chi connectivity index (χ1v) is 13.7. The second kappa shape index (κ2) is 10.8. The number of carbonyl (C=O) groups is 3. The number of nitrogens with zero attached hydrogens (tertiary/aromatic N) is 2. The highest BCUT2D eigenvalue weighted by atomic mass is 32.1. The third-order valence-electron chi connectivity index (χ3n) is 6.87. The lowest BCUT2D eigenvalue weighted by atomic mass is 9.93. The van der Waals surface area contributed by atoms with E-state index in [4.69, 9.17) is 5.73 Å². The molecule has 10 heteroatoms. The van der Waals surface area contributed by atoms with Crippen molar-refractivity contribution in [3.05, 3.63) is 64.3 Å². The van der Waals surface area contributed by atoms with E-state index in [2.05, 4.69) is 41.7 Å². The number of thiophene rings is 1. The van der Waals surface area contributed by atoms with Gasteiger partial charge in [0.05, 0.1) is 11.3 Å². The predicted molar refractivity (Wildman–Crippen MR) is 156 cm³/mol. The number of benzene rings is 1. The fourth-order valence-electron chi connectivity index (χ4n) is 4.39. The Balaban J connectivity index is 1.59. The summed E-state index contributed by atoms with van der Waals surface area (Å²) in [5.74, 6) is -0.494. The van der Waals surface area contributed by atoms with Gasteiger partial charge in [0.2, 0.25) is 5.91 Å².